The SMILES string of the molecule is CCOP(=O)(OCC)C(=O)CCl. The van der Waals surface area contributed by atoms with Crippen molar-refractivity contribution in [2.45, 2.75) is 13.8 Å². The average molecular weight is 215 g/mol. The highest BCUT2D eigenvalue weighted by atomic mass is 35.5. The van der Waals surface area contributed by atoms with Gasteiger partial charge in [-0.05, 0) is 13.8 Å². The molecule has 0 rings (SSSR count). The average Bonchev–Trinajstić information content (AvgIpc) is 2.04. The molecule has 0 heterocycles. The summed E-state index contributed by atoms with van der Waals surface area (Å²) in [5.41, 5.74) is -0.687. The molecule has 0 aromatic rings. The third-order valence-electron chi connectivity index (χ3n) is 1.02. The summed E-state index contributed by atoms with van der Waals surface area (Å²) in [6.07, 6.45) is 0. The molecule has 0 atom stereocenters. The molecular weight excluding hydrogens is 202 g/mol. The van der Waals surface area contributed by atoms with E-state index < -0.39 is 13.1 Å². The van der Waals surface area contributed by atoms with Gasteiger partial charge in [0.15, 0.2) is 0 Å². The Kier molecular flexibility index (Phi) is 5.76. The summed E-state index contributed by atoms with van der Waals surface area (Å²) in [6.45, 7) is 3.60. The quantitative estimate of drug-likeness (QED) is 0.501. The Labute approximate surface area is 76.7 Å². The van der Waals surface area contributed by atoms with Gasteiger partial charge in [-0.2, -0.15) is 0 Å². The monoisotopic (exact) mass is 214 g/mol. The van der Waals surface area contributed by atoms with Crippen molar-refractivity contribution in [3.8, 4) is 0 Å². The molecule has 0 aliphatic heterocycles. The topological polar surface area (TPSA) is 52.6 Å². The summed E-state index contributed by atoms with van der Waals surface area (Å²) >= 11 is 5.23. The zero-order chi connectivity index (χ0) is 9.61. The third kappa shape index (κ3) is 3.23. The predicted molar refractivity (Wildman–Crippen MR) is 46.6 cm³/mol. The van der Waals surface area contributed by atoms with E-state index >= 15 is 0 Å². The molecule has 0 N–H and O–H groups in total. The fourth-order valence-electron chi connectivity index (χ4n) is 0.594. The van der Waals surface area contributed by atoms with Crippen LogP contribution in [0.2, 0.25) is 0 Å². The van der Waals surface area contributed by atoms with Crippen LogP contribution in [-0.4, -0.2) is 24.6 Å². The molecule has 0 bridgehead atoms. The summed E-state index contributed by atoms with van der Waals surface area (Å²) in [5.74, 6) is -0.350. The summed E-state index contributed by atoms with van der Waals surface area (Å²) in [6, 6.07) is 0. The lowest BCUT2D eigenvalue weighted by Gasteiger charge is -2.13. The second-order valence-electron chi connectivity index (χ2n) is 1.86. The lowest BCUT2D eigenvalue weighted by atomic mass is 10.9. The smallest absolute Gasteiger partial charge is 0.303 e. The van der Waals surface area contributed by atoms with Crippen LogP contribution in [0.15, 0.2) is 0 Å². The molecule has 0 aliphatic carbocycles. The maximum Gasteiger partial charge on any atom is 0.397 e. The fraction of sp³-hybridized carbons (Fsp3) is 0.833. The second kappa shape index (κ2) is 5.70. The number of hydrogen-bond acceptors (Lipinski definition) is 4. The van der Waals surface area contributed by atoms with Crippen LogP contribution in [0.25, 0.3) is 0 Å². The first-order chi connectivity index (χ1) is 5.60. The third-order valence-corrected chi connectivity index (χ3v) is 3.41. The van der Waals surface area contributed by atoms with Gasteiger partial charge in [0.05, 0.1) is 19.1 Å². The van der Waals surface area contributed by atoms with Gasteiger partial charge in [0.1, 0.15) is 0 Å². The number of carbonyl (C=O) groups is 1. The van der Waals surface area contributed by atoms with Crippen LogP contribution >= 0.6 is 19.2 Å². The first-order valence-corrected chi connectivity index (χ1v) is 5.67. The van der Waals surface area contributed by atoms with Crippen molar-refractivity contribution < 1.29 is 18.4 Å². The highest BCUT2D eigenvalue weighted by Gasteiger charge is 2.32. The zero-order valence-corrected chi connectivity index (χ0v) is 8.73. The fourth-order valence-corrected chi connectivity index (χ4v) is 2.22. The maximum atomic E-state index is 11.5. The first-order valence-electron chi connectivity index (χ1n) is 3.59. The molecule has 72 valence electrons. The molecule has 0 aromatic carbocycles. The number of alkyl halides is 1. The van der Waals surface area contributed by atoms with Crippen molar-refractivity contribution in [3.05, 3.63) is 0 Å². The van der Waals surface area contributed by atoms with E-state index in [9.17, 15) is 9.36 Å². The van der Waals surface area contributed by atoms with Crippen LogP contribution in [0.1, 0.15) is 13.8 Å². The molecule has 6 heteroatoms. The molecule has 0 amide bonds. The Hall–Kier alpha value is 0.110. The Morgan fingerprint density at radius 2 is 1.75 bits per heavy atom. The minimum Gasteiger partial charge on any atom is -0.303 e. The molecule has 0 saturated carbocycles. The molecule has 0 radical (unpaired) electrons. The van der Waals surface area contributed by atoms with E-state index in [1.165, 1.54) is 0 Å². The van der Waals surface area contributed by atoms with Gasteiger partial charge in [0.2, 0.25) is 0 Å². The summed E-state index contributed by atoms with van der Waals surface area (Å²) in [7, 11) is -3.58. The van der Waals surface area contributed by atoms with E-state index in [1.807, 2.05) is 0 Å². The first kappa shape index (κ1) is 12.1. The Morgan fingerprint density at radius 1 is 1.33 bits per heavy atom. The number of rotatable bonds is 6. The van der Waals surface area contributed by atoms with Gasteiger partial charge in [-0.1, -0.05) is 0 Å². The molecule has 0 unspecified atom stereocenters. The summed E-state index contributed by atoms with van der Waals surface area (Å²) in [5, 5.41) is 0. The van der Waals surface area contributed by atoms with E-state index in [4.69, 9.17) is 20.6 Å². The van der Waals surface area contributed by atoms with Crippen molar-refractivity contribution in [1.29, 1.82) is 0 Å². The van der Waals surface area contributed by atoms with Gasteiger partial charge in [0.25, 0.3) is 5.52 Å². The zero-order valence-electron chi connectivity index (χ0n) is 7.08. The highest BCUT2D eigenvalue weighted by molar-refractivity contribution is 7.72. The van der Waals surface area contributed by atoms with E-state index in [0.717, 1.165) is 0 Å². The molecule has 4 nitrogen and oxygen atoms in total. The summed E-state index contributed by atoms with van der Waals surface area (Å²) in [4.78, 5) is 11.0. The predicted octanol–water partition coefficient (Wildman–Crippen LogP) is 2.02. The lowest BCUT2D eigenvalue weighted by Crippen LogP contribution is -2.07. The van der Waals surface area contributed by atoms with E-state index in [1.54, 1.807) is 13.8 Å². The molecule has 0 fully saturated rings. The van der Waals surface area contributed by atoms with E-state index in [-0.39, 0.29) is 19.1 Å². The minimum atomic E-state index is -3.58. The van der Waals surface area contributed by atoms with Crippen molar-refractivity contribution in [3.63, 3.8) is 0 Å². The molecule has 0 aliphatic rings. The van der Waals surface area contributed by atoms with Gasteiger partial charge in [-0.15, -0.1) is 11.6 Å². The van der Waals surface area contributed by atoms with Crippen LogP contribution in [0, 0.1) is 0 Å². The van der Waals surface area contributed by atoms with Crippen LogP contribution in [0.4, 0.5) is 0 Å². The second-order valence-corrected chi connectivity index (χ2v) is 4.14. The molecule has 12 heavy (non-hydrogen) atoms. The largest absolute Gasteiger partial charge is 0.397 e. The van der Waals surface area contributed by atoms with Crippen molar-refractivity contribution in [2.75, 3.05) is 19.1 Å². The van der Waals surface area contributed by atoms with Crippen molar-refractivity contribution in [2.24, 2.45) is 0 Å². The molecule has 0 spiro atoms. The number of halogens is 1. The van der Waals surface area contributed by atoms with Crippen LogP contribution < -0.4 is 0 Å². The highest BCUT2D eigenvalue weighted by Crippen LogP contribution is 2.48. The van der Waals surface area contributed by atoms with E-state index in [0.29, 0.717) is 0 Å². The molecular formula is C6H12ClO4P. The minimum absolute atomic E-state index is 0.167. The Morgan fingerprint density at radius 3 is 2.00 bits per heavy atom. The van der Waals surface area contributed by atoms with Gasteiger partial charge in [-0.3, -0.25) is 9.36 Å². The van der Waals surface area contributed by atoms with Gasteiger partial charge < -0.3 is 9.05 Å². The molecule has 0 saturated heterocycles. The number of carbonyl (C=O) groups excluding carboxylic acids is 1. The normalized spacial score (nSPS) is 11.6. The van der Waals surface area contributed by atoms with Gasteiger partial charge >= 0.3 is 7.60 Å². The Bertz CT molecular complexity index is 184. The standard InChI is InChI=1S/C6H12ClO4P/c1-3-10-12(9,11-4-2)6(8)5-7/h3-5H2,1-2H3. The lowest BCUT2D eigenvalue weighted by molar-refractivity contribution is -0.111. The van der Waals surface area contributed by atoms with Crippen LogP contribution in [-0.2, 0) is 18.4 Å². The summed E-state index contributed by atoms with van der Waals surface area (Å²) < 4.78 is 20.9. The van der Waals surface area contributed by atoms with Gasteiger partial charge in [0, 0.05) is 0 Å². The van der Waals surface area contributed by atoms with Crippen molar-refractivity contribution >= 4 is 24.7 Å². The Balaban J connectivity index is 4.38. The van der Waals surface area contributed by atoms with E-state index in [2.05, 4.69) is 0 Å². The van der Waals surface area contributed by atoms with Crippen molar-refractivity contribution in [1.82, 2.24) is 0 Å². The van der Waals surface area contributed by atoms with Crippen LogP contribution in [0.5, 0.6) is 0 Å². The van der Waals surface area contributed by atoms with Gasteiger partial charge in [-0.25, -0.2) is 0 Å². The molecule has 0 aromatic heterocycles. The number of hydrogen-bond donors (Lipinski definition) is 0. The maximum absolute atomic E-state index is 11.5. The van der Waals surface area contributed by atoms with Crippen LogP contribution in [0.3, 0.4) is 0 Å².